The number of nitrogens with zero attached hydrogens (tertiary/aromatic N) is 1. The number of benzene rings is 3. The van der Waals surface area contributed by atoms with Crippen molar-refractivity contribution in [2.45, 2.75) is 53.2 Å². The van der Waals surface area contributed by atoms with Gasteiger partial charge in [-0.25, -0.2) is 4.99 Å². The minimum absolute atomic E-state index is 0.111. The second-order valence-corrected chi connectivity index (χ2v) is 14.1. The number of rotatable bonds is 8. The summed E-state index contributed by atoms with van der Waals surface area (Å²) in [5.74, 6) is 1.92. The number of thiophene rings is 1. The quantitative estimate of drug-likeness (QED) is 0.169. The minimum Gasteiger partial charge on any atom is -0.488 e. The number of ether oxygens (including phenoxy) is 1. The second kappa shape index (κ2) is 12.5. The first kappa shape index (κ1) is 29.4. The first-order valence-electron chi connectivity index (χ1n) is 14.6. The molecule has 5 nitrogen and oxygen atoms in total. The number of halogens is 1. The molecule has 1 aliphatic rings. The molecule has 3 aromatic carbocycles. The Bertz CT molecular complexity index is 1770. The van der Waals surface area contributed by atoms with E-state index in [2.05, 4.69) is 60.2 Å². The van der Waals surface area contributed by atoms with Crippen molar-refractivity contribution >= 4 is 55.2 Å². The predicted octanol–water partition coefficient (Wildman–Crippen LogP) is 9.67. The molecule has 0 saturated heterocycles. The van der Waals surface area contributed by atoms with Crippen molar-refractivity contribution < 1.29 is 13.9 Å². The van der Waals surface area contributed by atoms with Crippen molar-refractivity contribution in [1.29, 1.82) is 0 Å². The average Bonchev–Trinajstić information content (AvgIpc) is 3.65. The molecular weight excluding hydrogens is 620 g/mol. The van der Waals surface area contributed by atoms with Gasteiger partial charge in [0.2, 0.25) is 0 Å². The third kappa shape index (κ3) is 6.63. The van der Waals surface area contributed by atoms with Crippen LogP contribution >= 0.6 is 27.3 Å². The molecule has 0 radical (unpaired) electrons. The van der Waals surface area contributed by atoms with Gasteiger partial charge in [0.05, 0.1) is 18.4 Å². The third-order valence-electron chi connectivity index (χ3n) is 8.25. The maximum absolute atomic E-state index is 13.7. The highest BCUT2D eigenvalue weighted by molar-refractivity contribution is 9.10. The smallest absolute Gasteiger partial charge is 0.255 e. The van der Waals surface area contributed by atoms with E-state index in [1.165, 1.54) is 4.88 Å². The molecule has 1 N–H and O–H groups in total. The molecule has 220 valence electrons. The predicted molar refractivity (Wildman–Crippen MR) is 179 cm³/mol. The van der Waals surface area contributed by atoms with Crippen LogP contribution in [0.25, 0.3) is 10.8 Å². The standard InChI is InChI=1S/C36H35BrN2O3S/c1-36(2,3)25-13-16-29-32(19-25)43-35(33(29)34(40)38-20-27-8-6-18-41-27)39-21-30-28-9-5-4-7-24(28)12-17-31(30)42-22-23-10-14-26(37)15-11-23/h4-12,14-15,17-18,21,25H,13,16,19-20,22H2,1-3H3,(H,38,40)/t25-/m1/s1. The number of hydrogen-bond donors (Lipinski definition) is 1. The van der Waals surface area contributed by atoms with Crippen LogP contribution in [-0.2, 0) is 26.0 Å². The maximum atomic E-state index is 13.7. The Kier molecular flexibility index (Phi) is 8.55. The van der Waals surface area contributed by atoms with Crippen LogP contribution in [0.3, 0.4) is 0 Å². The Morgan fingerprint density at radius 1 is 1.09 bits per heavy atom. The first-order chi connectivity index (χ1) is 20.8. The fourth-order valence-electron chi connectivity index (χ4n) is 5.70. The van der Waals surface area contributed by atoms with Gasteiger partial charge >= 0.3 is 0 Å². The van der Waals surface area contributed by atoms with Crippen molar-refractivity contribution in [2.75, 3.05) is 0 Å². The van der Waals surface area contributed by atoms with Crippen molar-refractivity contribution in [3.05, 3.63) is 116 Å². The summed E-state index contributed by atoms with van der Waals surface area (Å²) in [5.41, 5.74) is 4.01. The number of amides is 1. The van der Waals surface area contributed by atoms with Crippen LogP contribution in [0, 0.1) is 11.3 Å². The molecule has 1 aliphatic carbocycles. The largest absolute Gasteiger partial charge is 0.488 e. The summed E-state index contributed by atoms with van der Waals surface area (Å²) in [7, 11) is 0. The number of carbonyl (C=O) groups excluding carboxylic acids is 1. The maximum Gasteiger partial charge on any atom is 0.255 e. The Hall–Kier alpha value is -3.68. The van der Waals surface area contributed by atoms with E-state index < -0.39 is 0 Å². The molecule has 2 heterocycles. The van der Waals surface area contributed by atoms with Crippen molar-refractivity contribution in [2.24, 2.45) is 16.3 Å². The van der Waals surface area contributed by atoms with Gasteiger partial charge in [-0.3, -0.25) is 4.79 Å². The molecule has 43 heavy (non-hydrogen) atoms. The molecule has 0 bridgehead atoms. The molecular formula is C36H35BrN2O3S. The van der Waals surface area contributed by atoms with Gasteiger partial charge in [0.15, 0.2) is 0 Å². The molecule has 2 aromatic heterocycles. The summed E-state index contributed by atoms with van der Waals surface area (Å²) < 4.78 is 12.8. The third-order valence-corrected chi connectivity index (χ3v) is 9.94. The van der Waals surface area contributed by atoms with E-state index >= 15 is 0 Å². The molecule has 1 atom stereocenters. The highest BCUT2D eigenvalue weighted by atomic mass is 79.9. The lowest BCUT2D eigenvalue weighted by atomic mass is 9.72. The van der Waals surface area contributed by atoms with Gasteiger partial charge in [0.25, 0.3) is 5.91 Å². The topological polar surface area (TPSA) is 63.8 Å². The van der Waals surface area contributed by atoms with E-state index in [0.717, 1.165) is 67.7 Å². The highest BCUT2D eigenvalue weighted by Crippen LogP contribution is 2.45. The first-order valence-corrected chi connectivity index (χ1v) is 16.3. The van der Waals surface area contributed by atoms with Crippen LogP contribution in [0.15, 0.2) is 92.9 Å². The van der Waals surface area contributed by atoms with Crippen LogP contribution < -0.4 is 10.1 Å². The van der Waals surface area contributed by atoms with Gasteiger partial charge < -0.3 is 14.5 Å². The van der Waals surface area contributed by atoms with E-state index in [1.807, 2.05) is 60.8 Å². The SMILES string of the molecule is CC(C)(C)[C@@H]1CCc2c(sc(N=Cc3c(OCc4ccc(Br)cc4)ccc4ccccc34)c2C(=O)NCc2ccco2)C1. The fourth-order valence-corrected chi connectivity index (χ4v) is 7.24. The number of furan rings is 1. The summed E-state index contributed by atoms with van der Waals surface area (Å²) in [6.45, 7) is 7.70. The van der Waals surface area contributed by atoms with E-state index in [4.69, 9.17) is 14.1 Å². The zero-order valence-corrected chi connectivity index (χ0v) is 27.1. The fraction of sp³-hybridized carbons (Fsp3) is 0.278. The lowest BCUT2D eigenvalue weighted by Crippen LogP contribution is -2.28. The zero-order valence-electron chi connectivity index (χ0n) is 24.7. The van der Waals surface area contributed by atoms with Crippen molar-refractivity contribution in [3.8, 4) is 5.75 Å². The Morgan fingerprint density at radius 3 is 2.67 bits per heavy atom. The number of hydrogen-bond acceptors (Lipinski definition) is 5. The van der Waals surface area contributed by atoms with E-state index in [-0.39, 0.29) is 11.3 Å². The van der Waals surface area contributed by atoms with Crippen LogP contribution in [0.1, 0.15) is 64.9 Å². The van der Waals surface area contributed by atoms with Gasteiger partial charge in [-0.15, -0.1) is 11.3 Å². The molecule has 0 unspecified atom stereocenters. The van der Waals surface area contributed by atoms with Crippen LogP contribution in [0.2, 0.25) is 0 Å². The lowest BCUT2D eigenvalue weighted by Gasteiger charge is -2.33. The van der Waals surface area contributed by atoms with E-state index in [1.54, 1.807) is 17.6 Å². The number of aliphatic imine (C=N–C) groups is 1. The van der Waals surface area contributed by atoms with E-state index in [0.29, 0.717) is 24.6 Å². The minimum atomic E-state index is -0.111. The van der Waals surface area contributed by atoms with E-state index in [9.17, 15) is 4.79 Å². The zero-order chi connectivity index (χ0) is 30.0. The van der Waals surface area contributed by atoms with Gasteiger partial charge in [0.1, 0.15) is 23.1 Å². The van der Waals surface area contributed by atoms with Crippen molar-refractivity contribution in [1.82, 2.24) is 5.32 Å². The molecule has 0 spiro atoms. The summed E-state index contributed by atoms with van der Waals surface area (Å²) in [4.78, 5) is 20.0. The lowest BCUT2D eigenvalue weighted by molar-refractivity contribution is 0.0947. The van der Waals surface area contributed by atoms with Gasteiger partial charge in [0, 0.05) is 21.1 Å². The van der Waals surface area contributed by atoms with Gasteiger partial charge in [-0.2, -0.15) is 0 Å². The molecule has 6 rings (SSSR count). The second-order valence-electron chi connectivity index (χ2n) is 12.1. The summed E-state index contributed by atoms with van der Waals surface area (Å²) in [6.07, 6.45) is 6.40. The Morgan fingerprint density at radius 2 is 1.91 bits per heavy atom. The Balaban J connectivity index is 1.36. The summed E-state index contributed by atoms with van der Waals surface area (Å²) >= 11 is 5.15. The molecule has 5 aromatic rings. The van der Waals surface area contributed by atoms with Crippen LogP contribution in [0.5, 0.6) is 5.75 Å². The summed E-state index contributed by atoms with van der Waals surface area (Å²) in [5, 5.41) is 5.97. The van der Waals surface area contributed by atoms with Gasteiger partial charge in [-0.1, -0.05) is 79.2 Å². The normalized spacial score (nSPS) is 15.1. The number of nitrogens with one attached hydrogen (secondary N) is 1. The Labute approximate surface area is 265 Å². The van der Waals surface area contributed by atoms with Crippen molar-refractivity contribution in [3.63, 3.8) is 0 Å². The highest BCUT2D eigenvalue weighted by Gasteiger charge is 2.33. The molecule has 0 aliphatic heterocycles. The monoisotopic (exact) mass is 654 g/mol. The molecule has 1 amide bonds. The number of fused-ring (bicyclic) bond motifs is 2. The van der Waals surface area contributed by atoms with Gasteiger partial charge in [-0.05, 0) is 82.8 Å². The molecule has 0 fully saturated rings. The van der Waals surface area contributed by atoms with Crippen LogP contribution in [0.4, 0.5) is 5.00 Å². The average molecular weight is 656 g/mol. The van der Waals surface area contributed by atoms with Crippen LogP contribution in [-0.4, -0.2) is 12.1 Å². The molecule has 0 saturated carbocycles. The molecule has 7 heteroatoms. The summed E-state index contributed by atoms with van der Waals surface area (Å²) in [6, 6.07) is 24.2. The number of carbonyl (C=O) groups is 1.